The van der Waals surface area contributed by atoms with Crippen molar-refractivity contribution in [3.8, 4) is 11.5 Å². The van der Waals surface area contributed by atoms with Crippen LogP contribution in [0.5, 0.6) is 11.5 Å². The Labute approximate surface area is 170 Å². The van der Waals surface area contributed by atoms with Crippen LogP contribution in [0.1, 0.15) is 30.5 Å². The van der Waals surface area contributed by atoms with Crippen molar-refractivity contribution >= 4 is 35.1 Å². The molecule has 0 spiro atoms. The number of piperidine rings is 1. The molecule has 1 atom stereocenters. The van der Waals surface area contributed by atoms with Gasteiger partial charge in [0.25, 0.3) is 0 Å². The molecular formula is C20H26ClN3O4. The molecule has 2 aromatic rings. The van der Waals surface area contributed by atoms with Crippen LogP contribution < -0.4 is 14.8 Å². The summed E-state index contributed by atoms with van der Waals surface area (Å²) in [6.07, 6.45) is 4.03. The van der Waals surface area contributed by atoms with Crippen molar-refractivity contribution in [2.45, 2.75) is 38.1 Å². The minimum absolute atomic E-state index is 0. The zero-order valence-corrected chi connectivity index (χ0v) is 17.0. The van der Waals surface area contributed by atoms with Crippen LogP contribution in [0.2, 0.25) is 0 Å². The zero-order chi connectivity index (χ0) is 19.0. The van der Waals surface area contributed by atoms with Crippen LogP contribution in [0.15, 0.2) is 12.1 Å². The molecular weight excluding hydrogens is 382 g/mol. The molecule has 1 fully saturated rings. The van der Waals surface area contributed by atoms with Crippen molar-refractivity contribution in [3.05, 3.63) is 23.4 Å². The lowest BCUT2D eigenvalue weighted by atomic mass is 10.0. The summed E-state index contributed by atoms with van der Waals surface area (Å²) in [7, 11) is 3.25. The van der Waals surface area contributed by atoms with E-state index in [1.54, 1.807) is 14.2 Å². The van der Waals surface area contributed by atoms with Crippen molar-refractivity contribution in [1.82, 2.24) is 9.88 Å². The predicted octanol–water partition coefficient (Wildman–Crippen LogP) is 3.72. The lowest BCUT2D eigenvalue weighted by Crippen LogP contribution is -2.44. The maximum Gasteiger partial charge on any atom is 0.407 e. The number of nitrogens with one attached hydrogen (secondary N) is 1. The Morgan fingerprint density at radius 2 is 1.96 bits per heavy atom. The highest BCUT2D eigenvalue weighted by Gasteiger charge is 2.27. The molecule has 0 unspecified atom stereocenters. The van der Waals surface area contributed by atoms with Crippen molar-refractivity contribution in [3.63, 3.8) is 0 Å². The van der Waals surface area contributed by atoms with E-state index in [-0.39, 0.29) is 18.4 Å². The summed E-state index contributed by atoms with van der Waals surface area (Å²) < 4.78 is 10.9. The van der Waals surface area contributed by atoms with Crippen LogP contribution in [0.4, 0.5) is 10.5 Å². The molecule has 1 amide bonds. The van der Waals surface area contributed by atoms with Gasteiger partial charge in [-0.1, -0.05) is 0 Å². The highest BCUT2D eigenvalue weighted by atomic mass is 35.5. The number of carboxylic acid groups (broad SMARTS) is 1. The first-order valence-electron chi connectivity index (χ1n) is 9.42. The van der Waals surface area contributed by atoms with Crippen LogP contribution in [-0.4, -0.2) is 54.4 Å². The monoisotopic (exact) mass is 407 g/mol. The summed E-state index contributed by atoms with van der Waals surface area (Å²) >= 11 is 0. The van der Waals surface area contributed by atoms with Gasteiger partial charge in [-0.3, -0.25) is 4.98 Å². The highest BCUT2D eigenvalue weighted by Crippen LogP contribution is 2.40. The molecule has 2 aliphatic rings. The molecule has 28 heavy (non-hydrogen) atoms. The predicted molar refractivity (Wildman–Crippen MR) is 110 cm³/mol. The Balaban J connectivity index is 0.00000225. The topological polar surface area (TPSA) is 83.9 Å². The average molecular weight is 408 g/mol. The largest absolute Gasteiger partial charge is 0.493 e. The first kappa shape index (κ1) is 20.3. The summed E-state index contributed by atoms with van der Waals surface area (Å²) in [4.78, 5) is 17.7. The van der Waals surface area contributed by atoms with Crippen LogP contribution >= 0.6 is 12.4 Å². The van der Waals surface area contributed by atoms with E-state index < -0.39 is 6.09 Å². The van der Waals surface area contributed by atoms with Crippen LogP contribution in [0.25, 0.3) is 10.9 Å². The number of fused-ring (bicyclic) bond motifs is 2. The third-order valence-corrected chi connectivity index (χ3v) is 5.56. The van der Waals surface area contributed by atoms with Crippen LogP contribution in [-0.2, 0) is 12.8 Å². The first-order chi connectivity index (χ1) is 13.1. The minimum Gasteiger partial charge on any atom is -0.493 e. The van der Waals surface area contributed by atoms with Gasteiger partial charge in [0, 0.05) is 42.0 Å². The van der Waals surface area contributed by atoms with E-state index >= 15 is 0 Å². The van der Waals surface area contributed by atoms with E-state index in [0.717, 1.165) is 54.4 Å². The van der Waals surface area contributed by atoms with Crippen LogP contribution in [0, 0.1) is 0 Å². The second-order valence-corrected chi connectivity index (χ2v) is 7.20. The molecule has 0 saturated carbocycles. The van der Waals surface area contributed by atoms with E-state index in [0.29, 0.717) is 24.6 Å². The summed E-state index contributed by atoms with van der Waals surface area (Å²) in [6, 6.07) is 3.99. The average Bonchev–Trinajstić information content (AvgIpc) is 3.15. The summed E-state index contributed by atoms with van der Waals surface area (Å²) in [5.41, 5.74) is 4.33. The number of aryl methyl sites for hydroxylation is 1. The molecule has 2 N–H and O–H groups in total. The number of nitrogens with zero attached hydrogens (tertiary/aromatic N) is 2. The molecule has 7 nitrogen and oxygen atoms in total. The molecule has 1 aliphatic carbocycles. The van der Waals surface area contributed by atoms with Crippen LogP contribution in [0.3, 0.4) is 0 Å². The van der Waals surface area contributed by atoms with E-state index in [9.17, 15) is 9.90 Å². The molecule has 4 rings (SSSR count). The number of amides is 1. The lowest BCUT2D eigenvalue weighted by molar-refractivity contribution is 0.133. The number of aromatic nitrogens is 1. The number of likely N-dealkylation sites (tertiary alicyclic amines) is 1. The normalized spacial score (nSPS) is 18.4. The fourth-order valence-corrected chi connectivity index (χ4v) is 4.23. The summed E-state index contributed by atoms with van der Waals surface area (Å²) in [5, 5.41) is 14.0. The number of methoxy groups -OCH3 is 2. The van der Waals surface area contributed by atoms with Crippen molar-refractivity contribution in [2.24, 2.45) is 0 Å². The first-order valence-corrected chi connectivity index (χ1v) is 9.42. The van der Waals surface area contributed by atoms with Crippen molar-refractivity contribution in [2.75, 3.05) is 32.6 Å². The smallest absolute Gasteiger partial charge is 0.407 e. The Morgan fingerprint density at radius 1 is 1.21 bits per heavy atom. The number of hydrogen-bond acceptors (Lipinski definition) is 5. The maximum atomic E-state index is 11.4. The molecule has 1 aromatic carbocycles. The second-order valence-electron chi connectivity index (χ2n) is 7.20. The van der Waals surface area contributed by atoms with E-state index in [1.165, 1.54) is 10.5 Å². The summed E-state index contributed by atoms with van der Waals surface area (Å²) in [5.74, 6) is 1.33. The van der Waals surface area contributed by atoms with Gasteiger partial charge in [-0.05, 0) is 43.7 Å². The number of anilines is 1. The molecule has 152 valence electrons. The third kappa shape index (κ3) is 3.63. The van der Waals surface area contributed by atoms with Gasteiger partial charge >= 0.3 is 6.09 Å². The van der Waals surface area contributed by atoms with Gasteiger partial charge in [-0.25, -0.2) is 4.79 Å². The second kappa shape index (κ2) is 8.31. The summed E-state index contributed by atoms with van der Waals surface area (Å²) in [6.45, 7) is 1.11. The van der Waals surface area contributed by atoms with E-state index in [4.69, 9.17) is 14.5 Å². The van der Waals surface area contributed by atoms with Crippen molar-refractivity contribution < 1.29 is 19.4 Å². The van der Waals surface area contributed by atoms with E-state index in [2.05, 4.69) is 5.32 Å². The zero-order valence-electron chi connectivity index (χ0n) is 16.2. The van der Waals surface area contributed by atoms with Gasteiger partial charge in [-0.15, -0.1) is 12.4 Å². The highest BCUT2D eigenvalue weighted by molar-refractivity contribution is 5.96. The molecule has 8 heteroatoms. The fraction of sp³-hybridized carbons (Fsp3) is 0.500. The number of halogens is 1. The number of hydrogen-bond donors (Lipinski definition) is 2. The molecule has 0 radical (unpaired) electrons. The number of benzene rings is 1. The van der Waals surface area contributed by atoms with Gasteiger partial charge in [0.05, 0.1) is 19.7 Å². The van der Waals surface area contributed by atoms with Gasteiger partial charge in [0.2, 0.25) is 0 Å². The van der Waals surface area contributed by atoms with Gasteiger partial charge < -0.3 is 24.8 Å². The minimum atomic E-state index is -0.849. The quantitative estimate of drug-likeness (QED) is 0.803. The molecule has 1 aliphatic heterocycles. The Hall–Kier alpha value is -2.41. The van der Waals surface area contributed by atoms with Gasteiger partial charge in [0.15, 0.2) is 11.5 Å². The fourth-order valence-electron chi connectivity index (χ4n) is 4.23. The number of rotatable bonds is 4. The molecule has 2 heterocycles. The maximum absolute atomic E-state index is 11.4. The molecule has 0 bridgehead atoms. The molecule has 1 aromatic heterocycles. The number of pyridine rings is 1. The van der Waals surface area contributed by atoms with Crippen molar-refractivity contribution in [1.29, 1.82) is 0 Å². The Morgan fingerprint density at radius 3 is 2.68 bits per heavy atom. The molecule has 1 saturated heterocycles. The third-order valence-electron chi connectivity index (χ3n) is 5.56. The van der Waals surface area contributed by atoms with Gasteiger partial charge in [-0.2, -0.15) is 0 Å². The Bertz CT molecular complexity index is 890. The standard InChI is InChI=1S/C20H25N3O4.ClH/c1-26-17-9-14-16(10-18(17)27-2)22-15-7-3-6-13(15)19(14)21-12-5-4-8-23(11-12)20(24)25;/h9-10,12H,3-8,11H2,1-2H3,(H,21,22)(H,24,25);1H/t12-;/m1./s1. The lowest BCUT2D eigenvalue weighted by Gasteiger charge is -2.32. The number of carbonyl (C=O) groups is 1. The Kier molecular flexibility index (Phi) is 6.03. The van der Waals surface area contributed by atoms with E-state index in [1.807, 2.05) is 12.1 Å². The van der Waals surface area contributed by atoms with Gasteiger partial charge in [0.1, 0.15) is 0 Å². The SMILES string of the molecule is COc1cc2nc3c(c(N[C@@H]4CCCN(C(=O)O)C4)c2cc1OC)CCC3.Cl. The number of ether oxygens (including phenoxy) is 2.